The van der Waals surface area contributed by atoms with E-state index in [1.54, 1.807) is 41.3 Å². The third-order valence-corrected chi connectivity index (χ3v) is 5.11. The standard InChI is InChI=1S/C23H20ClN3O5/c1-14(2)27(12-20-25-26-23(32-20)17-5-3-4-6-18(17)24)21(28)13-30-16-9-7-15-8-10-22(29)31-19(15)11-16/h3-11,14H,12-13H2,1-2H3. The normalized spacial score (nSPS) is 11.1. The zero-order chi connectivity index (χ0) is 22.7. The second-order valence-corrected chi connectivity index (χ2v) is 7.75. The molecule has 2 aromatic carbocycles. The second kappa shape index (κ2) is 9.23. The Bertz CT molecular complexity index is 1310. The molecule has 1 amide bonds. The van der Waals surface area contributed by atoms with Gasteiger partial charge in [-0.15, -0.1) is 10.2 Å². The van der Waals surface area contributed by atoms with Crippen molar-refractivity contribution in [3.63, 3.8) is 0 Å². The Kier molecular flexibility index (Phi) is 6.23. The Labute approximate surface area is 188 Å². The van der Waals surface area contributed by atoms with Gasteiger partial charge in [-0.3, -0.25) is 4.79 Å². The first-order valence-corrected chi connectivity index (χ1v) is 10.3. The molecule has 0 N–H and O–H groups in total. The van der Waals surface area contributed by atoms with Gasteiger partial charge in [0.05, 0.1) is 17.1 Å². The second-order valence-electron chi connectivity index (χ2n) is 7.34. The lowest BCUT2D eigenvalue weighted by Crippen LogP contribution is -2.39. The maximum Gasteiger partial charge on any atom is 0.336 e. The molecule has 2 aromatic heterocycles. The van der Waals surface area contributed by atoms with Gasteiger partial charge in [-0.25, -0.2) is 4.79 Å². The Morgan fingerprint density at radius 3 is 2.66 bits per heavy atom. The molecule has 2 heterocycles. The Morgan fingerprint density at radius 1 is 1.09 bits per heavy atom. The number of amides is 1. The van der Waals surface area contributed by atoms with Gasteiger partial charge in [-0.05, 0) is 44.2 Å². The van der Waals surface area contributed by atoms with E-state index in [0.717, 1.165) is 5.39 Å². The Hall–Kier alpha value is -3.65. The molecule has 0 radical (unpaired) electrons. The number of carbonyl (C=O) groups excluding carboxylic acids is 1. The summed E-state index contributed by atoms with van der Waals surface area (Å²) >= 11 is 6.19. The van der Waals surface area contributed by atoms with Gasteiger partial charge in [-0.1, -0.05) is 23.7 Å². The molecule has 0 aliphatic heterocycles. The number of hydrogen-bond acceptors (Lipinski definition) is 7. The van der Waals surface area contributed by atoms with Crippen molar-refractivity contribution in [2.45, 2.75) is 26.4 Å². The molecule has 0 saturated carbocycles. The van der Waals surface area contributed by atoms with Crippen molar-refractivity contribution in [3.05, 3.63) is 75.9 Å². The fourth-order valence-electron chi connectivity index (χ4n) is 3.12. The summed E-state index contributed by atoms with van der Waals surface area (Å²) in [5.74, 6) is 0.736. The lowest BCUT2D eigenvalue weighted by atomic mass is 10.2. The summed E-state index contributed by atoms with van der Waals surface area (Å²) < 4.78 is 16.5. The SMILES string of the molecule is CC(C)N(Cc1nnc(-c2ccccc2Cl)o1)C(=O)COc1ccc2ccc(=O)oc2c1. The molecule has 164 valence electrons. The third-order valence-electron chi connectivity index (χ3n) is 4.78. The van der Waals surface area contributed by atoms with E-state index >= 15 is 0 Å². The number of halogens is 1. The van der Waals surface area contributed by atoms with Gasteiger partial charge in [0, 0.05) is 23.6 Å². The number of aromatic nitrogens is 2. The largest absolute Gasteiger partial charge is 0.484 e. The van der Waals surface area contributed by atoms with Crippen molar-refractivity contribution >= 4 is 28.5 Å². The van der Waals surface area contributed by atoms with Crippen LogP contribution in [0.15, 0.2) is 68.2 Å². The number of nitrogens with zero attached hydrogens (tertiary/aromatic N) is 3. The molecule has 0 aliphatic carbocycles. The number of rotatable bonds is 7. The maximum atomic E-state index is 12.8. The van der Waals surface area contributed by atoms with Crippen molar-refractivity contribution in [2.75, 3.05) is 6.61 Å². The molecule has 8 nitrogen and oxygen atoms in total. The fraction of sp³-hybridized carbons (Fsp3) is 0.217. The lowest BCUT2D eigenvalue weighted by molar-refractivity contribution is -0.136. The maximum absolute atomic E-state index is 12.8. The van der Waals surface area contributed by atoms with Crippen LogP contribution in [-0.2, 0) is 11.3 Å². The monoisotopic (exact) mass is 453 g/mol. The van der Waals surface area contributed by atoms with E-state index in [1.807, 2.05) is 26.0 Å². The highest BCUT2D eigenvalue weighted by Gasteiger charge is 2.21. The van der Waals surface area contributed by atoms with Crippen LogP contribution in [0.2, 0.25) is 5.02 Å². The minimum Gasteiger partial charge on any atom is -0.484 e. The number of fused-ring (bicyclic) bond motifs is 1. The van der Waals surface area contributed by atoms with Gasteiger partial charge < -0.3 is 18.5 Å². The Balaban J connectivity index is 1.44. The van der Waals surface area contributed by atoms with Crippen LogP contribution in [0.3, 0.4) is 0 Å². The van der Waals surface area contributed by atoms with Crippen LogP contribution in [0.25, 0.3) is 22.4 Å². The van der Waals surface area contributed by atoms with E-state index in [0.29, 0.717) is 21.9 Å². The highest BCUT2D eigenvalue weighted by Crippen LogP contribution is 2.26. The molecule has 32 heavy (non-hydrogen) atoms. The zero-order valence-corrected chi connectivity index (χ0v) is 18.2. The highest BCUT2D eigenvalue weighted by atomic mass is 35.5. The van der Waals surface area contributed by atoms with E-state index < -0.39 is 5.63 Å². The molecule has 0 atom stereocenters. The third kappa shape index (κ3) is 4.81. The van der Waals surface area contributed by atoms with Crippen LogP contribution >= 0.6 is 11.6 Å². The van der Waals surface area contributed by atoms with E-state index in [2.05, 4.69) is 10.2 Å². The van der Waals surface area contributed by atoms with Crippen LogP contribution in [-0.4, -0.2) is 33.7 Å². The minimum atomic E-state index is -0.451. The first-order valence-electron chi connectivity index (χ1n) is 9.94. The summed E-state index contributed by atoms with van der Waals surface area (Å²) in [7, 11) is 0. The van der Waals surface area contributed by atoms with Crippen molar-refractivity contribution < 1.29 is 18.4 Å². The summed E-state index contributed by atoms with van der Waals surface area (Å²) in [5.41, 5.74) is 0.565. The minimum absolute atomic E-state index is 0.128. The number of carbonyl (C=O) groups is 1. The molecule has 9 heteroatoms. The van der Waals surface area contributed by atoms with Crippen molar-refractivity contribution in [1.82, 2.24) is 15.1 Å². The first-order chi connectivity index (χ1) is 15.4. The average Bonchev–Trinajstić information content (AvgIpc) is 3.24. The smallest absolute Gasteiger partial charge is 0.336 e. The van der Waals surface area contributed by atoms with Crippen molar-refractivity contribution in [3.8, 4) is 17.2 Å². The van der Waals surface area contributed by atoms with Gasteiger partial charge >= 0.3 is 5.63 Å². The molecule has 0 fully saturated rings. The lowest BCUT2D eigenvalue weighted by Gasteiger charge is -2.25. The van der Waals surface area contributed by atoms with Gasteiger partial charge in [0.15, 0.2) is 6.61 Å². The van der Waals surface area contributed by atoms with Crippen LogP contribution in [0, 0.1) is 0 Å². The Morgan fingerprint density at radius 2 is 1.88 bits per heavy atom. The average molecular weight is 454 g/mol. The molecule has 0 aliphatic rings. The number of ether oxygens (including phenoxy) is 1. The quantitative estimate of drug-likeness (QED) is 0.384. The van der Waals surface area contributed by atoms with Crippen LogP contribution in [0.4, 0.5) is 0 Å². The van der Waals surface area contributed by atoms with E-state index in [1.165, 1.54) is 6.07 Å². The highest BCUT2D eigenvalue weighted by molar-refractivity contribution is 6.33. The molecule has 0 unspecified atom stereocenters. The van der Waals surface area contributed by atoms with E-state index in [9.17, 15) is 9.59 Å². The van der Waals surface area contributed by atoms with Gasteiger partial charge in [0.1, 0.15) is 11.3 Å². The summed E-state index contributed by atoms with van der Waals surface area (Å²) in [6.45, 7) is 3.69. The van der Waals surface area contributed by atoms with Crippen LogP contribution in [0.5, 0.6) is 5.75 Å². The van der Waals surface area contributed by atoms with Crippen molar-refractivity contribution in [1.29, 1.82) is 0 Å². The van der Waals surface area contributed by atoms with Crippen molar-refractivity contribution in [2.24, 2.45) is 0 Å². The summed E-state index contributed by atoms with van der Waals surface area (Å²) in [6.07, 6.45) is 0. The predicted molar refractivity (Wildman–Crippen MR) is 118 cm³/mol. The topological polar surface area (TPSA) is 98.7 Å². The molecule has 4 aromatic rings. The zero-order valence-electron chi connectivity index (χ0n) is 17.4. The van der Waals surface area contributed by atoms with Crippen LogP contribution < -0.4 is 10.4 Å². The summed E-state index contributed by atoms with van der Waals surface area (Å²) in [6, 6.07) is 15.1. The van der Waals surface area contributed by atoms with E-state index in [4.69, 9.17) is 25.2 Å². The molecule has 0 spiro atoms. The molecule has 4 rings (SSSR count). The van der Waals surface area contributed by atoms with Gasteiger partial charge in [0.25, 0.3) is 5.91 Å². The molecular formula is C23H20ClN3O5. The predicted octanol–water partition coefficient (Wildman–Crippen LogP) is 4.31. The van der Waals surface area contributed by atoms with Gasteiger partial charge in [0.2, 0.25) is 11.8 Å². The van der Waals surface area contributed by atoms with Gasteiger partial charge in [-0.2, -0.15) is 0 Å². The molecule has 0 bridgehead atoms. The van der Waals surface area contributed by atoms with E-state index in [-0.39, 0.29) is 36.9 Å². The summed E-state index contributed by atoms with van der Waals surface area (Å²) in [5, 5.41) is 9.35. The molecular weight excluding hydrogens is 434 g/mol. The number of benzene rings is 2. The van der Waals surface area contributed by atoms with Crippen LogP contribution in [0.1, 0.15) is 19.7 Å². The molecule has 0 saturated heterocycles. The summed E-state index contributed by atoms with van der Waals surface area (Å²) in [4.78, 5) is 25.8. The number of hydrogen-bond donors (Lipinski definition) is 0. The first kappa shape index (κ1) is 21.6. The fourth-order valence-corrected chi connectivity index (χ4v) is 3.34.